The van der Waals surface area contributed by atoms with E-state index in [1.165, 1.54) is 0 Å². The molecule has 1 fully saturated rings. The lowest BCUT2D eigenvalue weighted by atomic mass is 10.0. The van der Waals surface area contributed by atoms with Crippen LogP contribution in [0.3, 0.4) is 0 Å². The number of rotatable bonds is 6. The quantitative estimate of drug-likeness (QED) is 0.538. The van der Waals surface area contributed by atoms with Gasteiger partial charge < -0.3 is 19.9 Å². The van der Waals surface area contributed by atoms with E-state index in [1.54, 1.807) is 0 Å². The van der Waals surface area contributed by atoms with Gasteiger partial charge in [-0.05, 0) is 57.7 Å². The van der Waals surface area contributed by atoms with Crippen LogP contribution in [0.2, 0.25) is 0 Å². The SMILES string of the molecule is CC(C)(C)OC(=O)NC(CCC(=O)N1CCCC1c1nc2ccccc2[nH]1)c1ccccc1. The van der Waals surface area contributed by atoms with Gasteiger partial charge in [-0.15, -0.1) is 0 Å². The maximum Gasteiger partial charge on any atom is 0.408 e. The van der Waals surface area contributed by atoms with Crippen molar-refractivity contribution in [1.82, 2.24) is 20.2 Å². The van der Waals surface area contributed by atoms with Gasteiger partial charge in [0.2, 0.25) is 5.91 Å². The van der Waals surface area contributed by atoms with Crippen molar-refractivity contribution in [3.8, 4) is 0 Å². The van der Waals surface area contributed by atoms with E-state index in [-0.39, 0.29) is 18.0 Å². The summed E-state index contributed by atoms with van der Waals surface area (Å²) in [6.07, 6.45) is 2.18. The van der Waals surface area contributed by atoms with Crippen LogP contribution < -0.4 is 5.32 Å². The number of nitrogens with zero attached hydrogens (tertiary/aromatic N) is 2. The summed E-state index contributed by atoms with van der Waals surface area (Å²) in [5, 5.41) is 2.95. The number of benzene rings is 2. The van der Waals surface area contributed by atoms with E-state index in [0.29, 0.717) is 12.8 Å². The van der Waals surface area contributed by atoms with Crippen LogP contribution in [-0.4, -0.2) is 39.0 Å². The molecule has 0 saturated carbocycles. The fraction of sp³-hybridized carbons (Fsp3) is 0.423. The first-order valence-corrected chi connectivity index (χ1v) is 11.6. The Morgan fingerprint density at radius 3 is 2.61 bits per heavy atom. The number of hydrogen-bond donors (Lipinski definition) is 2. The topological polar surface area (TPSA) is 87.3 Å². The first kappa shape index (κ1) is 22.8. The van der Waals surface area contributed by atoms with Crippen LogP contribution in [0.5, 0.6) is 0 Å². The van der Waals surface area contributed by atoms with Crippen molar-refractivity contribution in [2.24, 2.45) is 0 Å². The van der Waals surface area contributed by atoms with E-state index >= 15 is 0 Å². The number of amides is 2. The summed E-state index contributed by atoms with van der Waals surface area (Å²) in [6, 6.07) is 17.3. The number of aromatic amines is 1. The molecule has 0 bridgehead atoms. The summed E-state index contributed by atoms with van der Waals surface area (Å²) in [5.74, 6) is 0.915. The number of carbonyl (C=O) groups is 2. The minimum absolute atomic E-state index is 0.0427. The Labute approximate surface area is 194 Å². The van der Waals surface area contributed by atoms with E-state index in [4.69, 9.17) is 9.72 Å². The van der Waals surface area contributed by atoms with Crippen molar-refractivity contribution < 1.29 is 14.3 Å². The fourth-order valence-corrected chi connectivity index (χ4v) is 4.35. The molecule has 1 saturated heterocycles. The van der Waals surface area contributed by atoms with Gasteiger partial charge in [-0.3, -0.25) is 4.79 Å². The molecule has 1 aliphatic rings. The largest absolute Gasteiger partial charge is 0.444 e. The van der Waals surface area contributed by atoms with Crippen LogP contribution in [0.1, 0.15) is 69.9 Å². The number of likely N-dealkylation sites (tertiary alicyclic amines) is 1. The van der Waals surface area contributed by atoms with Gasteiger partial charge in [0.25, 0.3) is 0 Å². The monoisotopic (exact) mass is 448 g/mol. The smallest absolute Gasteiger partial charge is 0.408 e. The van der Waals surface area contributed by atoms with Gasteiger partial charge in [0, 0.05) is 13.0 Å². The number of imidazole rings is 1. The van der Waals surface area contributed by atoms with Gasteiger partial charge in [0.1, 0.15) is 11.4 Å². The summed E-state index contributed by atoms with van der Waals surface area (Å²) >= 11 is 0. The molecule has 2 heterocycles. The highest BCUT2D eigenvalue weighted by atomic mass is 16.6. The number of carbonyl (C=O) groups excluding carboxylic acids is 2. The number of fused-ring (bicyclic) bond motifs is 1. The molecule has 2 unspecified atom stereocenters. The molecule has 33 heavy (non-hydrogen) atoms. The van der Waals surface area contributed by atoms with Crippen molar-refractivity contribution in [3.63, 3.8) is 0 Å². The lowest BCUT2D eigenvalue weighted by Gasteiger charge is -2.26. The van der Waals surface area contributed by atoms with Crippen LogP contribution >= 0.6 is 0 Å². The van der Waals surface area contributed by atoms with Crippen LogP contribution in [0.4, 0.5) is 4.79 Å². The molecular formula is C26H32N4O3. The van der Waals surface area contributed by atoms with Crippen LogP contribution in [0.15, 0.2) is 54.6 Å². The number of ether oxygens (including phenoxy) is 1. The molecule has 0 spiro atoms. The Kier molecular flexibility index (Phi) is 6.67. The Bertz CT molecular complexity index is 1070. The average molecular weight is 449 g/mol. The standard InChI is InChI=1S/C26H32N4O3/c1-26(2,3)33-25(32)29-19(18-10-5-4-6-11-18)15-16-23(31)30-17-9-14-22(30)24-27-20-12-7-8-13-21(20)28-24/h4-8,10-13,19,22H,9,14-17H2,1-3H3,(H,27,28)(H,29,32). The van der Waals surface area contributed by atoms with Gasteiger partial charge >= 0.3 is 6.09 Å². The summed E-state index contributed by atoms with van der Waals surface area (Å²) in [7, 11) is 0. The van der Waals surface area contributed by atoms with Crippen molar-refractivity contribution >= 4 is 23.0 Å². The first-order chi connectivity index (χ1) is 15.8. The fourth-order valence-electron chi connectivity index (χ4n) is 4.35. The molecule has 2 atom stereocenters. The molecule has 174 valence electrons. The highest BCUT2D eigenvalue weighted by Crippen LogP contribution is 2.32. The minimum atomic E-state index is -0.587. The lowest BCUT2D eigenvalue weighted by Crippen LogP contribution is -2.36. The van der Waals surface area contributed by atoms with Gasteiger partial charge in [-0.25, -0.2) is 9.78 Å². The summed E-state index contributed by atoms with van der Waals surface area (Å²) in [6.45, 7) is 6.22. The van der Waals surface area contributed by atoms with E-state index < -0.39 is 11.7 Å². The van der Waals surface area contributed by atoms with Crippen LogP contribution in [0, 0.1) is 0 Å². The third-order valence-corrected chi connectivity index (χ3v) is 5.84. The van der Waals surface area contributed by atoms with E-state index in [9.17, 15) is 9.59 Å². The second kappa shape index (κ2) is 9.65. The molecule has 1 aliphatic heterocycles. The first-order valence-electron chi connectivity index (χ1n) is 11.6. The second-order valence-electron chi connectivity index (χ2n) is 9.53. The maximum atomic E-state index is 13.2. The maximum absolute atomic E-state index is 13.2. The highest BCUT2D eigenvalue weighted by molar-refractivity contribution is 5.78. The number of para-hydroxylation sites is 2. The van der Waals surface area contributed by atoms with E-state index in [2.05, 4.69) is 10.3 Å². The molecule has 7 heteroatoms. The molecule has 2 aromatic carbocycles. The predicted molar refractivity (Wildman–Crippen MR) is 128 cm³/mol. The summed E-state index contributed by atoms with van der Waals surface area (Å²) in [5.41, 5.74) is 2.26. The molecule has 0 radical (unpaired) electrons. The number of H-pyrrole nitrogens is 1. The molecule has 7 nitrogen and oxygen atoms in total. The predicted octanol–water partition coefficient (Wildman–Crippen LogP) is 5.27. The summed E-state index contributed by atoms with van der Waals surface area (Å²) < 4.78 is 5.44. The van der Waals surface area contributed by atoms with Crippen molar-refractivity contribution in [3.05, 3.63) is 66.0 Å². The van der Waals surface area contributed by atoms with E-state index in [0.717, 1.165) is 41.8 Å². The Hall–Kier alpha value is -3.35. The van der Waals surface area contributed by atoms with Crippen molar-refractivity contribution in [2.45, 2.75) is 64.1 Å². The Balaban J connectivity index is 1.44. The highest BCUT2D eigenvalue weighted by Gasteiger charge is 2.32. The van der Waals surface area contributed by atoms with E-state index in [1.807, 2.05) is 80.3 Å². The molecule has 2 amide bonds. The molecule has 3 aromatic rings. The van der Waals surface area contributed by atoms with Gasteiger partial charge in [0.05, 0.1) is 23.1 Å². The van der Waals surface area contributed by atoms with Gasteiger partial charge in [-0.1, -0.05) is 42.5 Å². The van der Waals surface area contributed by atoms with Crippen molar-refractivity contribution in [2.75, 3.05) is 6.54 Å². The minimum Gasteiger partial charge on any atom is -0.444 e. The molecule has 4 rings (SSSR count). The second-order valence-corrected chi connectivity index (χ2v) is 9.53. The third kappa shape index (κ3) is 5.72. The number of aromatic nitrogens is 2. The number of hydrogen-bond acceptors (Lipinski definition) is 4. The average Bonchev–Trinajstić information content (AvgIpc) is 3.42. The van der Waals surface area contributed by atoms with Crippen LogP contribution in [0.25, 0.3) is 11.0 Å². The van der Waals surface area contributed by atoms with Crippen molar-refractivity contribution in [1.29, 1.82) is 0 Å². The Morgan fingerprint density at radius 1 is 1.15 bits per heavy atom. The molecule has 1 aromatic heterocycles. The van der Waals surface area contributed by atoms with Crippen LogP contribution in [-0.2, 0) is 9.53 Å². The zero-order chi connectivity index (χ0) is 23.4. The Morgan fingerprint density at radius 2 is 1.88 bits per heavy atom. The molecular weight excluding hydrogens is 416 g/mol. The zero-order valence-electron chi connectivity index (χ0n) is 19.5. The normalized spacial score (nSPS) is 17.2. The number of alkyl carbamates (subject to hydrolysis) is 1. The lowest BCUT2D eigenvalue weighted by molar-refractivity contribution is -0.132. The summed E-state index contributed by atoms with van der Waals surface area (Å²) in [4.78, 5) is 35.7. The molecule has 2 N–H and O–H groups in total. The van der Waals surface area contributed by atoms with Gasteiger partial charge in [-0.2, -0.15) is 0 Å². The zero-order valence-corrected chi connectivity index (χ0v) is 19.5. The molecule has 0 aliphatic carbocycles. The van der Waals surface area contributed by atoms with Gasteiger partial charge in [0.15, 0.2) is 0 Å². The third-order valence-electron chi connectivity index (χ3n) is 5.84. The number of nitrogens with one attached hydrogen (secondary N) is 2.